The smallest absolute Gasteiger partial charge is 0.0578 e. The van der Waals surface area contributed by atoms with E-state index in [4.69, 9.17) is 0 Å². The highest BCUT2D eigenvalue weighted by atomic mass is 79.9. The summed E-state index contributed by atoms with van der Waals surface area (Å²) < 4.78 is 1.05. The van der Waals surface area contributed by atoms with E-state index in [1.165, 1.54) is 12.1 Å². The Kier molecular flexibility index (Phi) is 10.0. The number of hydrogen-bond donors (Lipinski definition) is 1. The minimum Gasteiger partial charge on any atom is -0.314 e. The van der Waals surface area contributed by atoms with Crippen molar-refractivity contribution in [2.45, 2.75) is 26.3 Å². The van der Waals surface area contributed by atoms with Crippen LogP contribution in [0.3, 0.4) is 0 Å². The molecule has 0 aliphatic carbocycles. The van der Waals surface area contributed by atoms with Crippen molar-refractivity contribution in [2.75, 3.05) is 26.2 Å². The van der Waals surface area contributed by atoms with Crippen LogP contribution in [-0.2, 0) is 0 Å². The lowest BCUT2D eigenvalue weighted by Gasteiger charge is -2.37. The number of aromatic nitrogens is 1. The van der Waals surface area contributed by atoms with Gasteiger partial charge in [-0.3, -0.25) is 9.88 Å². The molecule has 1 N–H and O–H groups in total. The van der Waals surface area contributed by atoms with Gasteiger partial charge in [0.25, 0.3) is 0 Å². The molecule has 1 fully saturated rings. The highest BCUT2D eigenvalue weighted by molar-refractivity contribution is 9.10. The number of hydrogen-bond acceptors (Lipinski definition) is 3. The molecule has 1 aromatic rings. The Morgan fingerprint density at radius 1 is 1.30 bits per heavy atom. The van der Waals surface area contributed by atoms with Gasteiger partial charge in [-0.15, -0.1) is 24.8 Å². The summed E-state index contributed by atoms with van der Waals surface area (Å²) in [7, 11) is 0. The van der Waals surface area contributed by atoms with Crippen molar-refractivity contribution in [2.24, 2.45) is 5.92 Å². The molecule has 20 heavy (non-hydrogen) atoms. The standard InChI is InChI=1S/C14H22BrN3.2ClH/c1-3-11(2)14(18-8-6-16-7-9-18)13-5-4-12(15)10-17-13;;/h4-5,10-11,14,16H,3,6-9H2,1-2H3;2*1H/t11?,14-;;/m1../s1. The minimum atomic E-state index is 0. The summed E-state index contributed by atoms with van der Waals surface area (Å²) in [6.45, 7) is 9.00. The normalized spacial score (nSPS) is 18.6. The van der Waals surface area contributed by atoms with Crippen LogP contribution < -0.4 is 5.32 Å². The summed E-state index contributed by atoms with van der Waals surface area (Å²) in [6.07, 6.45) is 3.10. The molecule has 2 heterocycles. The maximum Gasteiger partial charge on any atom is 0.0578 e. The zero-order chi connectivity index (χ0) is 13.0. The molecule has 0 saturated carbocycles. The minimum absolute atomic E-state index is 0. The van der Waals surface area contributed by atoms with E-state index < -0.39 is 0 Å². The fourth-order valence-corrected chi connectivity index (χ4v) is 2.82. The number of rotatable bonds is 4. The number of nitrogens with zero attached hydrogens (tertiary/aromatic N) is 2. The molecule has 116 valence electrons. The van der Waals surface area contributed by atoms with Crippen molar-refractivity contribution in [3.8, 4) is 0 Å². The van der Waals surface area contributed by atoms with E-state index in [0.29, 0.717) is 12.0 Å². The third-order valence-corrected chi connectivity index (χ3v) is 4.25. The molecule has 0 spiro atoms. The average Bonchev–Trinajstić information content (AvgIpc) is 2.42. The molecule has 1 saturated heterocycles. The lowest BCUT2D eigenvalue weighted by Crippen LogP contribution is -2.46. The summed E-state index contributed by atoms with van der Waals surface area (Å²) in [6, 6.07) is 4.70. The monoisotopic (exact) mass is 383 g/mol. The van der Waals surface area contributed by atoms with Gasteiger partial charge in [0.05, 0.1) is 11.7 Å². The fourth-order valence-electron chi connectivity index (χ4n) is 2.58. The molecule has 0 amide bonds. The highest BCUT2D eigenvalue weighted by Crippen LogP contribution is 2.30. The van der Waals surface area contributed by atoms with E-state index in [1.54, 1.807) is 0 Å². The van der Waals surface area contributed by atoms with Gasteiger partial charge in [-0.25, -0.2) is 0 Å². The summed E-state index contributed by atoms with van der Waals surface area (Å²) >= 11 is 3.46. The molecule has 1 aromatic heterocycles. The third-order valence-electron chi connectivity index (χ3n) is 3.78. The number of piperazine rings is 1. The van der Waals surface area contributed by atoms with Gasteiger partial charge in [0, 0.05) is 36.8 Å². The molecule has 0 radical (unpaired) electrons. The molecule has 1 unspecified atom stereocenters. The van der Waals surface area contributed by atoms with Crippen LogP contribution in [0.1, 0.15) is 32.0 Å². The number of nitrogens with one attached hydrogen (secondary N) is 1. The van der Waals surface area contributed by atoms with Gasteiger partial charge in [-0.1, -0.05) is 20.3 Å². The molecular formula is C14H24BrCl2N3. The van der Waals surface area contributed by atoms with Gasteiger partial charge >= 0.3 is 0 Å². The predicted molar refractivity (Wildman–Crippen MR) is 93.1 cm³/mol. The lowest BCUT2D eigenvalue weighted by atomic mass is 9.93. The maximum atomic E-state index is 4.61. The topological polar surface area (TPSA) is 28.2 Å². The zero-order valence-corrected chi connectivity index (χ0v) is 15.2. The first-order chi connectivity index (χ1) is 8.72. The Morgan fingerprint density at radius 3 is 2.45 bits per heavy atom. The van der Waals surface area contributed by atoms with Gasteiger partial charge in [-0.05, 0) is 34.0 Å². The maximum absolute atomic E-state index is 4.61. The van der Waals surface area contributed by atoms with Crippen LogP contribution in [0.25, 0.3) is 0 Å². The summed E-state index contributed by atoms with van der Waals surface area (Å²) in [5, 5.41) is 3.42. The van der Waals surface area contributed by atoms with Crippen LogP contribution in [0.15, 0.2) is 22.8 Å². The first-order valence-corrected chi connectivity index (χ1v) is 7.58. The number of pyridine rings is 1. The summed E-state index contributed by atoms with van der Waals surface area (Å²) in [5.41, 5.74) is 1.20. The van der Waals surface area contributed by atoms with Gasteiger partial charge in [-0.2, -0.15) is 0 Å². The van der Waals surface area contributed by atoms with Crippen LogP contribution in [0.2, 0.25) is 0 Å². The van der Waals surface area contributed by atoms with Crippen LogP contribution >= 0.6 is 40.7 Å². The molecular weight excluding hydrogens is 361 g/mol. The number of halogens is 3. The Hall–Kier alpha value is 0.130. The van der Waals surface area contributed by atoms with Crippen molar-refractivity contribution >= 4 is 40.7 Å². The Balaban J connectivity index is 0.00000180. The highest BCUT2D eigenvalue weighted by Gasteiger charge is 2.27. The van der Waals surface area contributed by atoms with E-state index in [2.05, 4.69) is 57.1 Å². The van der Waals surface area contributed by atoms with Gasteiger partial charge in [0.1, 0.15) is 0 Å². The molecule has 2 rings (SSSR count). The summed E-state index contributed by atoms with van der Waals surface area (Å²) in [5.74, 6) is 0.636. The van der Waals surface area contributed by atoms with Crippen LogP contribution in [0.5, 0.6) is 0 Å². The van der Waals surface area contributed by atoms with E-state index in [1.807, 2.05) is 6.20 Å². The molecule has 0 bridgehead atoms. The first-order valence-electron chi connectivity index (χ1n) is 6.78. The second-order valence-corrected chi connectivity index (χ2v) is 5.93. The molecule has 3 nitrogen and oxygen atoms in total. The second-order valence-electron chi connectivity index (χ2n) is 5.02. The zero-order valence-electron chi connectivity index (χ0n) is 12.0. The quantitative estimate of drug-likeness (QED) is 0.857. The molecule has 0 aromatic carbocycles. The van der Waals surface area contributed by atoms with Crippen molar-refractivity contribution in [1.82, 2.24) is 15.2 Å². The first kappa shape index (κ1) is 20.1. The lowest BCUT2D eigenvalue weighted by molar-refractivity contribution is 0.125. The SMILES string of the molecule is CCC(C)[C@H](c1ccc(Br)cn1)N1CCNCC1.Cl.Cl. The average molecular weight is 385 g/mol. The largest absolute Gasteiger partial charge is 0.314 e. The van der Waals surface area contributed by atoms with Gasteiger partial charge in [0.2, 0.25) is 0 Å². The Morgan fingerprint density at radius 2 is 1.95 bits per heavy atom. The Bertz CT molecular complexity index is 369. The van der Waals surface area contributed by atoms with E-state index in [9.17, 15) is 0 Å². The van der Waals surface area contributed by atoms with Crippen molar-refractivity contribution in [3.63, 3.8) is 0 Å². The van der Waals surface area contributed by atoms with E-state index >= 15 is 0 Å². The van der Waals surface area contributed by atoms with E-state index in [0.717, 1.165) is 30.7 Å². The van der Waals surface area contributed by atoms with E-state index in [-0.39, 0.29) is 24.8 Å². The second kappa shape index (κ2) is 9.96. The molecule has 1 aliphatic heterocycles. The Labute approximate surface area is 142 Å². The molecule has 1 aliphatic rings. The fraction of sp³-hybridized carbons (Fsp3) is 0.643. The molecule has 2 atom stereocenters. The van der Waals surface area contributed by atoms with Gasteiger partial charge < -0.3 is 5.32 Å². The predicted octanol–water partition coefficient (Wildman–Crippen LogP) is 3.68. The van der Waals surface area contributed by atoms with Crippen molar-refractivity contribution in [1.29, 1.82) is 0 Å². The molecule has 6 heteroatoms. The van der Waals surface area contributed by atoms with Crippen molar-refractivity contribution < 1.29 is 0 Å². The van der Waals surface area contributed by atoms with Gasteiger partial charge in [0.15, 0.2) is 0 Å². The van der Waals surface area contributed by atoms with Crippen LogP contribution in [-0.4, -0.2) is 36.1 Å². The van der Waals surface area contributed by atoms with Crippen LogP contribution in [0, 0.1) is 5.92 Å². The van der Waals surface area contributed by atoms with Crippen LogP contribution in [0.4, 0.5) is 0 Å². The van der Waals surface area contributed by atoms with Crippen molar-refractivity contribution in [3.05, 3.63) is 28.5 Å². The third kappa shape index (κ3) is 5.15. The summed E-state index contributed by atoms with van der Waals surface area (Å²) in [4.78, 5) is 7.18.